The molecule has 1 aliphatic rings. The van der Waals surface area contributed by atoms with E-state index in [4.69, 9.17) is 0 Å². The highest BCUT2D eigenvalue weighted by Gasteiger charge is 2.38. The summed E-state index contributed by atoms with van der Waals surface area (Å²) in [5.74, 6) is -2.12. The zero-order chi connectivity index (χ0) is 18.1. The van der Waals surface area contributed by atoms with E-state index < -0.39 is 11.9 Å². The van der Waals surface area contributed by atoms with Crippen LogP contribution in [-0.2, 0) is 11.3 Å². The Morgan fingerprint density at radius 3 is 2.80 bits per heavy atom. The number of pyridine rings is 1. The first-order chi connectivity index (χ1) is 11.9. The molecule has 1 aliphatic heterocycles. The maximum absolute atomic E-state index is 13.5. The lowest BCUT2D eigenvalue weighted by atomic mass is 9.89. The van der Waals surface area contributed by atoms with Gasteiger partial charge in [0, 0.05) is 48.6 Å². The van der Waals surface area contributed by atoms with Gasteiger partial charge in [-0.2, -0.15) is 0 Å². The topological polar surface area (TPSA) is 73.4 Å². The predicted octanol–water partition coefficient (Wildman–Crippen LogP) is 2.43. The van der Waals surface area contributed by atoms with Gasteiger partial charge in [-0.1, -0.05) is 12.1 Å². The number of aromatic amines is 1. The highest BCUT2D eigenvalue weighted by molar-refractivity contribution is 5.72. The number of benzene rings is 1. The lowest BCUT2D eigenvalue weighted by Gasteiger charge is -2.17. The van der Waals surface area contributed by atoms with Gasteiger partial charge < -0.3 is 10.1 Å². The number of hydrogen-bond donors (Lipinski definition) is 2. The van der Waals surface area contributed by atoms with Crippen LogP contribution in [0, 0.1) is 25.6 Å². The minimum atomic E-state index is -0.883. The maximum Gasteiger partial charge on any atom is 0.308 e. The number of nitrogens with one attached hydrogen (secondary N) is 1. The quantitative estimate of drug-likeness (QED) is 0.893. The van der Waals surface area contributed by atoms with Crippen LogP contribution < -0.4 is 5.43 Å². The van der Waals surface area contributed by atoms with Crippen molar-refractivity contribution in [1.29, 1.82) is 0 Å². The lowest BCUT2D eigenvalue weighted by Crippen LogP contribution is -2.25. The third-order valence-electron chi connectivity index (χ3n) is 4.99. The van der Waals surface area contributed by atoms with Crippen LogP contribution in [0.5, 0.6) is 0 Å². The molecule has 2 aromatic rings. The van der Waals surface area contributed by atoms with E-state index in [0.717, 1.165) is 5.69 Å². The summed E-state index contributed by atoms with van der Waals surface area (Å²) in [6.07, 6.45) is 1.68. The average molecular weight is 344 g/mol. The number of hydrogen-bond acceptors (Lipinski definition) is 3. The van der Waals surface area contributed by atoms with Crippen molar-refractivity contribution < 1.29 is 14.3 Å². The number of aromatic nitrogens is 1. The number of halogens is 1. The fourth-order valence-electron chi connectivity index (χ4n) is 3.53. The summed E-state index contributed by atoms with van der Waals surface area (Å²) >= 11 is 0. The zero-order valence-electron chi connectivity index (χ0n) is 14.3. The second kappa shape index (κ2) is 6.80. The molecule has 0 aliphatic carbocycles. The number of nitrogens with zero attached hydrogens (tertiary/aromatic N) is 1. The Hall–Kier alpha value is -2.47. The summed E-state index contributed by atoms with van der Waals surface area (Å²) in [7, 11) is 0. The molecule has 0 radical (unpaired) electrons. The van der Waals surface area contributed by atoms with Gasteiger partial charge >= 0.3 is 5.97 Å². The second-order valence-electron chi connectivity index (χ2n) is 6.70. The van der Waals surface area contributed by atoms with Crippen LogP contribution in [-0.4, -0.2) is 34.0 Å². The molecule has 0 spiro atoms. The van der Waals surface area contributed by atoms with E-state index in [1.165, 1.54) is 12.1 Å². The van der Waals surface area contributed by atoms with Crippen molar-refractivity contribution >= 4 is 5.97 Å². The van der Waals surface area contributed by atoms with Crippen LogP contribution in [0.1, 0.15) is 28.3 Å². The van der Waals surface area contributed by atoms with E-state index in [2.05, 4.69) is 4.98 Å². The predicted molar refractivity (Wildman–Crippen MR) is 92.1 cm³/mol. The Kier molecular flexibility index (Phi) is 4.72. The highest BCUT2D eigenvalue weighted by Crippen LogP contribution is 2.34. The molecule has 5 nitrogen and oxygen atoms in total. The number of carbonyl (C=O) groups is 1. The largest absolute Gasteiger partial charge is 0.481 e. The third kappa shape index (κ3) is 3.49. The Morgan fingerprint density at radius 1 is 1.36 bits per heavy atom. The first-order valence-electron chi connectivity index (χ1n) is 8.25. The van der Waals surface area contributed by atoms with Gasteiger partial charge in [-0.25, -0.2) is 4.39 Å². The lowest BCUT2D eigenvalue weighted by molar-refractivity contribution is -0.141. The summed E-state index contributed by atoms with van der Waals surface area (Å²) in [4.78, 5) is 28.9. The normalized spacial score (nSPS) is 20.8. The molecule has 1 aromatic heterocycles. The fraction of sp³-hybridized carbons (Fsp3) is 0.368. The zero-order valence-corrected chi connectivity index (χ0v) is 14.3. The number of likely N-dealkylation sites (tertiary alicyclic amines) is 1. The Labute approximate surface area is 145 Å². The van der Waals surface area contributed by atoms with E-state index in [-0.39, 0.29) is 17.2 Å². The number of H-pyrrole nitrogens is 1. The summed E-state index contributed by atoms with van der Waals surface area (Å²) in [6.45, 7) is 4.88. The molecule has 1 fully saturated rings. The first-order valence-corrected chi connectivity index (χ1v) is 8.25. The molecular formula is C19H21FN2O3. The summed E-state index contributed by atoms with van der Waals surface area (Å²) in [5, 5.41) is 9.56. The van der Waals surface area contributed by atoms with Crippen molar-refractivity contribution in [1.82, 2.24) is 9.88 Å². The number of rotatable bonds is 4. The molecule has 25 heavy (non-hydrogen) atoms. The van der Waals surface area contributed by atoms with Gasteiger partial charge in [-0.3, -0.25) is 14.5 Å². The van der Waals surface area contributed by atoms with Crippen LogP contribution in [0.4, 0.5) is 4.39 Å². The van der Waals surface area contributed by atoms with Gasteiger partial charge in [0.1, 0.15) is 5.82 Å². The number of aryl methyl sites for hydroxylation is 1. The average Bonchev–Trinajstić information content (AvgIpc) is 3.00. The van der Waals surface area contributed by atoms with Crippen molar-refractivity contribution in [3.8, 4) is 0 Å². The fourth-order valence-corrected chi connectivity index (χ4v) is 3.53. The molecule has 0 bridgehead atoms. The third-order valence-corrected chi connectivity index (χ3v) is 4.99. The van der Waals surface area contributed by atoms with E-state index in [9.17, 15) is 19.1 Å². The SMILES string of the molecule is Cc1c[nH]c(CN2C[C@H](C(=O)O)[C@@H](c3cccc(F)c3)C2)c(C)c1=O. The summed E-state index contributed by atoms with van der Waals surface area (Å²) < 4.78 is 13.5. The number of aliphatic carboxylic acids is 1. The molecule has 2 atom stereocenters. The van der Waals surface area contributed by atoms with Gasteiger partial charge in [-0.15, -0.1) is 0 Å². The van der Waals surface area contributed by atoms with Crippen LogP contribution in [0.3, 0.4) is 0 Å². The monoisotopic (exact) mass is 344 g/mol. The van der Waals surface area contributed by atoms with Gasteiger partial charge in [0.05, 0.1) is 5.92 Å². The van der Waals surface area contributed by atoms with Gasteiger partial charge in [-0.05, 0) is 31.5 Å². The van der Waals surface area contributed by atoms with Crippen molar-refractivity contribution in [3.05, 3.63) is 68.9 Å². The minimum absolute atomic E-state index is 0.00409. The van der Waals surface area contributed by atoms with Crippen molar-refractivity contribution in [2.45, 2.75) is 26.3 Å². The molecule has 1 saturated heterocycles. The summed E-state index contributed by atoms with van der Waals surface area (Å²) in [5.41, 5.74) is 2.80. The van der Waals surface area contributed by atoms with E-state index in [1.54, 1.807) is 32.2 Å². The number of carboxylic acids is 1. The molecule has 6 heteroatoms. The molecule has 0 saturated carbocycles. The molecule has 132 valence electrons. The standard InChI is InChI=1S/C19H21FN2O3/c1-11-7-21-17(12(2)18(11)23)10-22-8-15(16(9-22)19(24)25)13-4-3-5-14(20)6-13/h3-7,15-16H,8-10H2,1-2H3,(H,21,23)(H,24,25)/t15-,16+/m1/s1. The van der Waals surface area contributed by atoms with Gasteiger partial charge in [0.15, 0.2) is 5.43 Å². The van der Waals surface area contributed by atoms with Crippen LogP contribution in [0.2, 0.25) is 0 Å². The van der Waals surface area contributed by atoms with Crippen molar-refractivity contribution in [3.63, 3.8) is 0 Å². The number of carboxylic acid groups (broad SMARTS) is 1. The van der Waals surface area contributed by atoms with Crippen LogP contribution in [0.25, 0.3) is 0 Å². The second-order valence-corrected chi connectivity index (χ2v) is 6.70. The molecule has 3 rings (SSSR count). The minimum Gasteiger partial charge on any atom is -0.481 e. The molecule has 0 unspecified atom stereocenters. The van der Waals surface area contributed by atoms with Crippen molar-refractivity contribution in [2.75, 3.05) is 13.1 Å². The van der Waals surface area contributed by atoms with Gasteiger partial charge in [0.25, 0.3) is 0 Å². The molecular weight excluding hydrogens is 323 g/mol. The van der Waals surface area contributed by atoms with E-state index >= 15 is 0 Å². The molecule has 2 N–H and O–H groups in total. The summed E-state index contributed by atoms with van der Waals surface area (Å²) in [6, 6.07) is 6.13. The molecule has 0 amide bonds. The smallest absolute Gasteiger partial charge is 0.308 e. The molecule has 1 aromatic carbocycles. The van der Waals surface area contributed by atoms with Crippen LogP contribution in [0.15, 0.2) is 35.3 Å². The highest BCUT2D eigenvalue weighted by atomic mass is 19.1. The Morgan fingerprint density at radius 2 is 2.12 bits per heavy atom. The first kappa shape index (κ1) is 17.4. The van der Waals surface area contributed by atoms with Crippen LogP contribution >= 0.6 is 0 Å². The van der Waals surface area contributed by atoms with E-state index in [1.807, 2.05) is 4.90 Å². The Bertz CT molecular complexity index is 862. The van der Waals surface area contributed by atoms with E-state index in [0.29, 0.717) is 36.3 Å². The van der Waals surface area contributed by atoms with Gasteiger partial charge in [0.2, 0.25) is 0 Å². The Balaban J connectivity index is 1.84. The molecule has 2 heterocycles. The van der Waals surface area contributed by atoms with Crippen molar-refractivity contribution in [2.24, 2.45) is 5.92 Å². The maximum atomic E-state index is 13.5.